The van der Waals surface area contributed by atoms with Crippen LogP contribution in [0.4, 0.5) is 0 Å². The standard InChI is InChI=1S/C14H19NO3/c16-13-2-1-7-15(10-13)9-12-5-3-11(4-6-12)8-14(17)18/h3-6,13,16H,1-2,7-10H2,(H,17,18). The molecule has 0 saturated carbocycles. The first kappa shape index (κ1) is 13.1. The quantitative estimate of drug-likeness (QED) is 0.843. The fourth-order valence-electron chi connectivity index (χ4n) is 2.37. The molecule has 18 heavy (non-hydrogen) atoms. The Kier molecular flexibility index (Phi) is 4.33. The van der Waals surface area contributed by atoms with Gasteiger partial charge in [0, 0.05) is 13.1 Å². The molecule has 0 aliphatic carbocycles. The van der Waals surface area contributed by atoms with E-state index in [1.165, 1.54) is 5.56 Å². The van der Waals surface area contributed by atoms with Crippen molar-refractivity contribution in [3.63, 3.8) is 0 Å². The second-order valence-electron chi connectivity index (χ2n) is 4.92. The number of carboxylic acid groups (broad SMARTS) is 1. The van der Waals surface area contributed by atoms with Crippen LogP contribution in [-0.4, -0.2) is 40.3 Å². The molecule has 1 aliphatic heterocycles. The van der Waals surface area contributed by atoms with Gasteiger partial charge in [-0.25, -0.2) is 0 Å². The van der Waals surface area contributed by atoms with Gasteiger partial charge in [0.15, 0.2) is 0 Å². The van der Waals surface area contributed by atoms with E-state index >= 15 is 0 Å². The lowest BCUT2D eigenvalue weighted by atomic mass is 10.1. The highest BCUT2D eigenvalue weighted by molar-refractivity contribution is 5.70. The van der Waals surface area contributed by atoms with Gasteiger partial charge in [-0.05, 0) is 30.5 Å². The van der Waals surface area contributed by atoms with E-state index < -0.39 is 5.97 Å². The van der Waals surface area contributed by atoms with Gasteiger partial charge in [0.2, 0.25) is 0 Å². The number of β-amino-alcohol motifs (C(OH)–C–C–N with tert-alkyl or cyclic N) is 1. The summed E-state index contributed by atoms with van der Waals surface area (Å²) in [6.45, 7) is 2.58. The number of benzene rings is 1. The number of rotatable bonds is 4. The molecule has 1 saturated heterocycles. The van der Waals surface area contributed by atoms with Crippen molar-refractivity contribution < 1.29 is 15.0 Å². The third-order valence-corrected chi connectivity index (χ3v) is 3.27. The number of piperidine rings is 1. The van der Waals surface area contributed by atoms with Gasteiger partial charge in [0.05, 0.1) is 12.5 Å². The van der Waals surface area contributed by atoms with Gasteiger partial charge in [0.1, 0.15) is 0 Å². The molecule has 1 aromatic rings. The summed E-state index contributed by atoms with van der Waals surface area (Å²) in [5, 5.41) is 18.3. The largest absolute Gasteiger partial charge is 0.481 e. The summed E-state index contributed by atoms with van der Waals surface area (Å²) in [5.74, 6) is -0.804. The van der Waals surface area contributed by atoms with E-state index in [2.05, 4.69) is 4.90 Å². The van der Waals surface area contributed by atoms with Gasteiger partial charge >= 0.3 is 5.97 Å². The second-order valence-corrected chi connectivity index (χ2v) is 4.92. The Morgan fingerprint density at radius 3 is 2.56 bits per heavy atom. The van der Waals surface area contributed by atoms with E-state index in [-0.39, 0.29) is 12.5 Å². The molecule has 1 aliphatic rings. The summed E-state index contributed by atoms with van der Waals surface area (Å²) in [5.41, 5.74) is 1.99. The van der Waals surface area contributed by atoms with E-state index in [0.29, 0.717) is 0 Å². The second kappa shape index (κ2) is 5.98. The SMILES string of the molecule is O=C(O)Cc1ccc(CN2CCCC(O)C2)cc1. The zero-order valence-electron chi connectivity index (χ0n) is 10.4. The van der Waals surface area contributed by atoms with Crippen LogP contribution in [0, 0.1) is 0 Å². The zero-order chi connectivity index (χ0) is 13.0. The lowest BCUT2D eigenvalue weighted by molar-refractivity contribution is -0.136. The number of nitrogens with zero attached hydrogens (tertiary/aromatic N) is 1. The van der Waals surface area contributed by atoms with Crippen molar-refractivity contribution in [1.82, 2.24) is 4.90 Å². The maximum Gasteiger partial charge on any atom is 0.307 e. The van der Waals surface area contributed by atoms with Gasteiger partial charge < -0.3 is 10.2 Å². The van der Waals surface area contributed by atoms with Gasteiger partial charge in [-0.15, -0.1) is 0 Å². The molecule has 1 atom stereocenters. The molecule has 0 aromatic heterocycles. The van der Waals surface area contributed by atoms with Crippen molar-refractivity contribution in [3.05, 3.63) is 35.4 Å². The monoisotopic (exact) mass is 249 g/mol. The Bertz CT molecular complexity index is 402. The number of aliphatic hydroxyl groups excluding tert-OH is 1. The van der Waals surface area contributed by atoms with E-state index in [9.17, 15) is 9.90 Å². The van der Waals surface area contributed by atoms with E-state index in [1.54, 1.807) is 0 Å². The molecule has 1 heterocycles. The molecule has 0 amide bonds. The van der Waals surface area contributed by atoms with Crippen LogP contribution in [-0.2, 0) is 17.8 Å². The van der Waals surface area contributed by atoms with E-state index in [4.69, 9.17) is 5.11 Å². The fraction of sp³-hybridized carbons (Fsp3) is 0.500. The maximum absolute atomic E-state index is 10.6. The third-order valence-electron chi connectivity index (χ3n) is 3.27. The first-order valence-electron chi connectivity index (χ1n) is 6.33. The van der Waals surface area contributed by atoms with Crippen LogP contribution in [0.15, 0.2) is 24.3 Å². The molecule has 1 unspecified atom stereocenters. The summed E-state index contributed by atoms with van der Waals surface area (Å²) in [6, 6.07) is 7.67. The number of hydrogen-bond acceptors (Lipinski definition) is 3. The normalized spacial score (nSPS) is 20.8. The Labute approximate surface area is 107 Å². The van der Waals surface area contributed by atoms with Gasteiger partial charge in [-0.3, -0.25) is 9.69 Å². The summed E-state index contributed by atoms with van der Waals surface area (Å²) in [6.07, 6.45) is 1.81. The van der Waals surface area contributed by atoms with Crippen molar-refractivity contribution >= 4 is 5.97 Å². The molecule has 4 nitrogen and oxygen atoms in total. The van der Waals surface area contributed by atoms with Crippen molar-refractivity contribution in [3.8, 4) is 0 Å². The number of aliphatic hydroxyl groups is 1. The molecule has 2 rings (SSSR count). The van der Waals surface area contributed by atoms with E-state index in [1.807, 2.05) is 24.3 Å². The molecule has 0 bridgehead atoms. The topological polar surface area (TPSA) is 60.8 Å². The molecule has 0 spiro atoms. The van der Waals surface area contributed by atoms with Crippen molar-refractivity contribution in [2.24, 2.45) is 0 Å². The summed E-state index contributed by atoms with van der Waals surface area (Å²) >= 11 is 0. The smallest absolute Gasteiger partial charge is 0.307 e. The molecular formula is C14H19NO3. The lowest BCUT2D eigenvalue weighted by Gasteiger charge is -2.29. The van der Waals surface area contributed by atoms with Crippen LogP contribution in [0.5, 0.6) is 0 Å². The highest BCUT2D eigenvalue weighted by Crippen LogP contribution is 2.14. The minimum absolute atomic E-state index is 0.0721. The van der Waals surface area contributed by atoms with Crippen LogP contribution in [0.3, 0.4) is 0 Å². The maximum atomic E-state index is 10.6. The van der Waals surface area contributed by atoms with Crippen LogP contribution in [0.25, 0.3) is 0 Å². The van der Waals surface area contributed by atoms with Crippen LogP contribution >= 0.6 is 0 Å². The van der Waals surface area contributed by atoms with Gasteiger partial charge in [-0.1, -0.05) is 24.3 Å². The predicted octanol–water partition coefficient (Wildman–Crippen LogP) is 1.27. The van der Waals surface area contributed by atoms with Gasteiger partial charge in [0.25, 0.3) is 0 Å². The Hall–Kier alpha value is -1.39. The first-order chi connectivity index (χ1) is 8.63. The van der Waals surface area contributed by atoms with Crippen LogP contribution in [0.2, 0.25) is 0 Å². The number of carboxylic acids is 1. The van der Waals surface area contributed by atoms with Crippen LogP contribution in [0.1, 0.15) is 24.0 Å². The predicted molar refractivity (Wildman–Crippen MR) is 68.3 cm³/mol. The summed E-state index contributed by atoms with van der Waals surface area (Å²) in [7, 11) is 0. The van der Waals surface area contributed by atoms with Crippen molar-refractivity contribution in [2.45, 2.75) is 31.9 Å². The highest BCUT2D eigenvalue weighted by atomic mass is 16.4. The lowest BCUT2D eigenvalue weighted by Crippen LogP contribution is -2.37. The molecule has 2 N–H and O–H groups in total. The minimum atomic E-state index is -0.804. The number of likely N-dealkylation sites (tertiary alicyclic amines) is 1. The van der Waals surface area contributed by atoms with Gasteiger partial charge in [-0.2, -0.15) is 0 Å². The van der Waals surface area contributed by atoms with Crippen molar-refractivity contribution in [1.29, 1.82) is 0 Å². The molecule has 98 valence electrons. The van der Waals surface area contributed by atoms with Crippen LogP contribution < -0.4 is 0 Å². The minimum Gasteiger partial charge on any atom is -0.481 e. The highest BCUT2D eigenvalue weighted by Gasteiger charge is 2.17. The molecule has 4 heteroatoms. The fourth-order valence-corrected chi connectivity index (χ4v) is 2.37. The molecule has 1 fully saturated rings. The zero-order valence-corrected chi connectivity index (χ0v) is 10.4. The molecule has 1 aromatic carbocycles. The Morgan fingerprint density at radius 2 is 1.94 bits per heavy atom. The average molecular weight is 249 g/mol. The van der Waals surface area contributed by atoms with Crippen molar-refractivity contribution in [2.75, 3.05) is 13.1 Å². The Balaban J connectivity index is 1.91. The molecular weight excluding hydrogens is 230 g/mol. The summed E-state index contributed by atoms with van der Waals surface area (Å²) < 4.78 is 0. The molecule has 0 radical (unpaired) electrons. The average Bonchev–Trinajstić information content (AvgIpc) is 2.31. The van der Waals surface area contributed by atoms with E-state index in [0.717, 1.165) is 38.0 Å². The third kappa shape index (κ3) is 3.82. The number of aliphatic carboxylic acids is 1. The Morgan fingerprint density at radius 1 is 1.28 bits per heavy atom. The summed E-state index contributed by atoms with van der Waals surface area (Å²) in [4.78, 5) is 12.8. The first-order valence-corrected chi connectivity index (χ1v) is 6.33. The number of hydrogen-bond donors (Lipinski definition) is 2. The number of carbonyl (C=O) groups is 1.